The standard InChI is InChI=1S/C18H26N2O/c1-2-17(21)18-19-15-10-6-7-11-16(15)20(18)13-12-14-8-4-3-5-9-14/h6-7,10-11,14,17,21H,2-5,8-9,12-13H2,1H3/t17-/m1/s1. The van der Waals surface area contributed by atoms with Crippen molar-refractivity contribution in [3.8, 4) is 0 Å². The third kappa shape index (κ3) is 3.13. The number of nitrogens with zero attached hydrogens (tertiary/aromatic N) is 2. The molecule has 1 atom stereocenters. The van der Waals surface area contributed by atoms with Crippen LogP contribution in [-0.4, -0.2) is 14.7 Å². The molecule has 0 bridgehead atoms. The Labute approximate surface area is 127 Å². The Balaban J connectivity index is 1.84. The zero-order valence-electron chi connectivity index (χ0n) is 13.0. The molecule has 1 aliphatic rings. The molecule has 0 saturated heterocycles. The van der Waals surface area contributed by atoms with Gasteiger partial charge in [-0.15, -0.1) is 0 Å². The van der Waals surface area contributed by atoms with Gasteiger partial charge in [0.25, 0.3) is 0 Å². The lowest BCUT2D eigenvalue weighted by Crippen LogP contribution is -2.13. The zero-order chi connectivity index (χ0) is 14.7. The molecule has 0 unspecified atom stereocenters. The number of aliphatic hydroxyl groups is 1. The molecule has 1 aliphatic carbocycles. The number of aromatic nitrogens is 2. The first-order valence-electron chi connectivity index (χ1n) is 8.42. The van der Waals surface area contributed by atoms with Crippen molar-refractivity contribution < 1.29 is 5.11 Å². The lowest BCUT2D eigenvalue weighted by atomic mass is 9.87. The second-order valence-electron chi connectivity index (χ2n) is 6.33. The summed E-state index contributed by atoms with van der Waals surface area (Å²) >= 11 is 0. The number of rotatable bonds is 5. The number of benzene rings is 1. The molecule has 0 amide bonds. The van der Waals surface area contributed by atoms with Gasteiger partial charge in [-0.1, -0.05) is 51.2 Å². The summed E-state index contributed by atoms with van der Waals surface area (Å²) < 4.78 is 2.25. The van der Waals surface area contributed by atoms with E-state index in [-0.39, 0.29) is 0 Å². The number of para-hydroxylation sites is 2. The van der Waals surface area contributed by atoms with E-state index in [1.807, 2.05) is 19.1 Å². The van der Waals surface area contributed by atoms with Gasteiger partial charge in [-0.2, -0.15) is 0 Å². The van der Waals surface area contributed by atoms with Gasteiger partial charge < -0.3 is 9.67 Å². The Hall–Kier alpha value is -1.35. The summed E-state index contributed by atoms with van der Waals surface area (Å²) in [7, 11) is 0. The second kappa shape index (κ2) is 6.61. The van der Waals surface area contributed by atoms with Crippen molar-refractivity contribution in [3.63, 3.8) is 0 Å². The molecule has 2 aromatic rings. The molecule has 1 saturated carbocycles. The smallest absolute Gasteiger partial charge is 0.138 e. The number of fused-ring (bicyclic) bond motifs is 1. The summed E-state index contributed by atoms with van der Waals surface area (Å²) in [4.78, 5) is 4.66. The summed E-state index contributed by atoms with van der Waals surface area (Å²) in [5.74, 6) is 1.70. The number of aryl methyl sites for hydroxylation is 1. The van der Waals surface area contributed by atoms with Crippen LogP contribution >= 0.6 is 0 Å². The Kier molecular flexibility index (Phi) is 4.59. The van der Waals surface area contributed by atoms with E-state index in [1.54, 1.807) is 0 Å². The fourth-order valence-electron chi connectivity index (χ4n) is 3.55. The van der Waals surface area contributed by atoms with Gasteiger partial charge in [0.1, 0.15) is 11.9 Å². The fraction of sp³-hybridized carbons (Fsp3) is 0.611. The second-order valence-corrected chi connectivity index (χ2v) is 6.33. The van der Waals surface area contributed by atoms with Gasteiger partial charge in [-0.3, -0.25) is 0 Å². The van der Waals surface area contributed by atoms with Crippen LogP contribution in [-0.2, 0) is 6.54 Å². The van der Waals surface area contributed by atoms with Gasteiger partial charge in [-0.05, 0) is 30.9 Å². The molecule has 0 spiro atoms. The van der Waals surface area contributed by atoms with Gasteiger partial charge in [-0.25, -0.2) is 4.98 Å². The normalized spacial score (nSPS) is 18.2. The monoisotopic (exact) mass is 286 g/mol. The highest BCUT2D eigenvalue weighted by molar-refractivity contribution is 5.76. The highest BCUT2D eigenvalue weighted by atomic mass is 16.3. The van der Waals surface area contributed by atoms with Crippen LogP contribution in [0.3, 0.4) is 0 Å². The Morgan fingerprint density at radius 1 is 1.24 bits per heavy atom. The fourth-order valence-corrected chi connectivity index (χ4v) is 3.55. The van der Waals surface area contributed by atoms with Gasteiger partial charge in [0, 0.05) is 6.54 Å². The minimum Gasteiger partial charge on any atom is -0.385 e. The lowest BCUT2D eigenvalue weighted by molar-refractivity contribution is 0.158. The molecule has 1 fully saturated rings. The number of hydrogen-bond donors (Lipinski definition) is 1. The lowest BCUT2D eigenvalue weighted by Gasteiger charge is -2.22. The highest BCUT2D eigenvalue weighted by Crippen LogP contribution is 2.29. The van der Waals surface area contributed by atoms with Crippen molar-refractivity contribution in [2.24, 2.45) is 5.92 Å². The third-order valence-electron chi connectivity index (χ3n) is 4.85. The van der Waals surface area contributed by atoms with E-state index in [9.17, 15) is 5.11 Å². The van der Waals surface area contributed by atoms with E-state index in [0.29, 0.717) is 6.42 Å². The summed E-state index contributed by atoms with van der Waals surface area (Å²) in [6.45, 7) is 2.99. The SMILES string of the molecule is CC[C@@H](O)c1nc2ccccc2n1CCC1CCCCC1. The van der Waals surface area contributed by atoms with Gasteiger partial charge in [0.2, 0.25) is 0 Å². The molecule has 0 aliphatic heterocycles. The van der Waals surface area contributed by atoms with E-state index in [2.05, 4.69) is 21.7 Å². The van der Waals surface area contributed by atoms with E-state index in [0.717, 1.165) is 29.3 Å². The van der Waals surface area contributed by atoms with Crippen molar-refractivity contribution >= 4 is 11.0 Å². The number of hydrogen-bond acceptors (Lipinski definition) is 2. The molecular formula is C18H26N2O. The molecule has 114 valence electrons. The summed E-state index contributed by atoms with van der Waals surface area (Å²) in [5.41, 5.74) is 2.17. The minimum atomic E-state index is -0.455. The molecule has 1 aromatic carbocycles. The maximum absolute atomic E-state index is 10.3. The van der Waals surface area contributed by atoms with Crippen LogP contribution in [0.15, 0.2) is 24.3 Å². The molecule has 1 heterocycles. The molecule has 3 heteroatoms. The molecule has 3 nitrogen and oxygen atoms in total. The van der Waals surface area contributed by atoms with E-state index >= 15 is 0 Å². The molecule has 3 rings (SSSR count). The van der Waals surface area contributed by atoms with Crippen molar-refractivity contribution in [3.05, 3.63) is 30.1 Å². The van der Waals surface area contributed by atoms with Crippen molar-refractivity contribution in [2.45, 2.75) is 64.5 Å². The highest BCUT2D eigenvalue weighted by Gasteiger charge is 2.19. The minimum absolute atomic E-state index is 0.455. The van der Waals surface area contributed by atoms with Crippen LogP contribution in [0.4, 0.5) is 0 Å². The zero-order valence-corrected chi connectivity index (χ0v) is 13.0. The van der Waals surface area contributed by atoms with Crippen molar-refractivity contribution in [1.82, 2.24) is 9.55 Å². The van der Waals surface area contributed by atoms with Crippen LogP contribution < -0.4 is 0 Å². The van der Waals surface area contributed by atoms with Gasteiger partial charge >= 0.3 is 0 Å². The maximum atomic E-state index is 10.3. The van der Waals surface area contributed by atoms with E-state index < -0.39 is 6.10 Å². The van der Waals surface area contributed by atoms with Crippen LogP contribution in [0.5, 0.6) is 0 Å². The predicted molar refractivity (Wildman–Crippen MR) is 86.2 cm³/mol. The molecule has 21 heavy (non-hydrogen) atoms. The first-order chi connectivity index (χ1) is 10.3. The summed E-state index contributed by atoms with van der Waals surface area (Å²) in [6, 6.07) is 8.24. The summed E-state index contributed by atoms with van der Waals surface area (Å²) in [6.07, 6.45) is 8.40. The van der Waals surface area contributed by atoms with E-state index in [1.165, 1.54) is 38.5 Å². The third-order valence-corrected chi connectivity index (χ3v) is 4.85. The quantitative estimate of drug-likeness (QED) is 0.881. The number of imidazole rings is 1. The van der Waals surface area contributed by atoms with Crippen LogP contribution in [0.25, 0.3) is 11.0 Å². The Morgan fingerprint density at radius 3 is 2.76 bits per heavy atom. The van der Waals surface area contributed by atoms with Gasteiger partial charge in [0.15, 0.2) is 0 Å². The maximum Gasteiger partial charge on any atom is 0.138 e. The predicted octanol–water partition coefficient (Wildman–Crippen LogP) is 4.45. The first-order valence-corrected chi connectivity index (χ1v) is 8.42. The van der Waals surface area contributed by atoms with Crippen LogP contribution in [0.2, 0.25) is 0 Å². The average molecular weight is 286 g/mol. The van der Waals surface area contributed by atoms with Crippen LogP contribution in [0, 0.1) is 5.92 Å². The van der Waals surface area contributed by atoms with Crippen molar-refractivity contribution in [2.75, 3.05) is 0 Å². The van der Waals surface area contributed by atoms with Crippen molar-refractivity contribution in [1.29, 1.82) is 0 Å². The molecule has 1 aromatic heterocycles. The molecular weight excluding hydrogens is 260 g/mol. The van der Waals surface area contributed by atoms with E-state index in [4.69, 9.17) is 0 Å². The largest absolute Gasteiger partial charge is 0.385 e. The Bertz CT molecular complexity index is 584. The topological polar surface area (TPSA) is 38.1 Å². The molecule has 1 N–H and O–H groups in total. The number of aliphatic hydroxyl groups excluding tert-OH is 1. The van der Waals surface area contributed by atoms with Crippen LogP contribution in [0.1, 0.15) is 63.8 Å². The Morgan fingerprint density at radius 2 is 2.00 bits per heavy atom. The van der Waals surface area contributed by atoms with Gasteiger partial charge in [0.05, 0.1) is 11.0 Å². The first kappa shape index (κ1) is 14.6. The molecule has 0 radical (unpaired) electrons. The summed E-state index contributed by atoms with van der Waals surface area (Å²) in [5, 5.41) is 10.3. The average Bonchev–Trinajstić information content (AvgIpc) is 2.92.